The standard InChI is InChI=1S/C9H11Br2N/c1-12(2)9(11)7-4-3-5-8(10)6-7/h3-6,9H,1-2H3. The third-order valence-electron chi connectivity index (χ3n) is 1.58. The molecule has 0 aliphatic carbocycles. The summed E-state index contributed by atoms with van der Waals surface area (Å²) in [4.78, 5) is 2.40. The van der Waals surface area contributed by atoms with Gasteiger partial charge in [0, 0.05) is 4.47 Å². The van der Waals surface area contributed by atoms with Crippen LogP contribution in [0.3, 0.4) is 0 Å². The number of alkyl halides is 1. The van der Waals surface area contributed by atoms with Gasteiger partial charge in [0.2, 0.25) is 0 Å². The van der Waals surface area contributed by atoms with Crippen molar-refractivity contribution in [2.75, 3.05) is 14.1 Å². The lowest BCUT2D eigenvalue weighted by molar-refractivity contribution is 0.398. The molecular formula is C9H11Br2N. The third-order valence-corrected chi connectivity index (χ3v) is 3.42. The number of hydrogen-bond donors (Lipinski definition) is 0. The van der Waals surface area contributed by atoms with E-state index in [1.807, 2.05) is 26.2 Å². The summed E-state index contributed by atoms with van der Waals surface area (Å²) in [5.41, 5.74) is 1.26. The molecule has 0 saturated heterocycles. The predicted molar refractivity (Wildman–Crippen MR) is 59.5 cm³/mol. The van der Waals surface area contributed by atoms with Gasteiger partial charge in [0.15, 0.2) is 0 Å². The average Bonchev–Trinajstić information content (AvgIpc) is 2.03. The zero-order chi connectivity index (χ0) is 9.14. The molecule has 1 rings (SSSR count). The zero-order valence-corrected chi connectivity index (χ0v) is 10.3. The molecule has 0 N–H and O–H groups in total. The van der Waals surface area contributed by atoms with Gasteiger partial charge in [-0.1, -0.05) is 44.0 Å². The van der Waals surface area contributed by atoms with Gasteiger partial charge in [-0.2, -0.15) is 0 Å². The van der Waals surface area contributed by atoms with Crippen LogP contribution in [-0.2, 0) is 0 Å². The minimum atomic E-state index is 0.287. The van der Waals surface area contributed by atoms with E-state index in [2.05, 4.69) is 48.9 Å². The summed E-state index contributed by atoms with van der Waals surface area (Å²) in [7, 11) is 4.08. The number of rotatable bonds is 2. The highest BCUT2D eigenvalue weighted by Crippen LogP contribution is 2.26. The summed E-state index contributed by atoms with van der Waals surface area (Å²) in [6.45, 7) is 0. The molecule has 0 bridgehead atoms. The van der Waals surface area contributed by atoms with Crippen LogP contribution < -0.4 is 0 Å². The van der Waals surface area contributed by atoms with Gasteiger partial charge in [-0.15, -0.1) is 0 Å². The zero-order valence-electron chi connectivity index (χ0n) is 7.09. The van der Waals surface area contributed by atoms with Crippen molar-refractivity contribution in [3.8, 4) is 0 Å². The lowest BCUT2D eigenvalue weighted by atomic mass is 10.2. The molecule has 0 spiro atoms. The quantitative estimate of drug-likeness (QED) is 0.596. The molecule has 0 aliphatic heterocycles. The first kappa shape index (κ1) is 10.2. The van der Waals surface area contributed by atoms with Crippen molar-refractivity contribution in [1.29, 1.82) is 0 Å². The van der Waals surface area contributed by atoms with Gasteiger partial charge in [-0.3, -0.25) is 4.90 Å². The summed E-state index contributed by atoms with van der Waals surface area (Å²) < 4.78 is 1.12. The molecule has 0 radical (unpaired) electrons. The number of benzene rings is 1. The largest absolute Gasteiger partial charge is 0.293 e. The van der Waals surface area contributed by atoms with Crippen LogP contribution in [0.15, 0.2) is 28.7 Å². The molecule has 0 saturated carbocycles. The van der Waals surface area contributed by atoms with Crippen molar-refractivity contribution < 1.29 is 0 Å². The normalized spacial score (nSPS) is 13.4. The summed E-state index contributed by atoms with van der Waals surface area (Å²) in [5.74, 6) is 0. The Morgan fingerprint density at radius 3 is 2.50 bits per heavy atom. The summed E-state index contributed by atoms with van der Waals surface area (Å²) in [6, 6.07) is 8.28. The van der Waals surface area contributed by atoms with E-state index >= 15 is 0 Å². The van der Waals surface area contributed by atoms with Gasteiger partial charge in [0.25, 0.3) is 0 Å². The van der Waals surface area contributed by atoms with Gasteiger partial charge in [0.05, 0.1) is 4.95 Å². The van der Waals surface area contributed by atoms with Crippen LogP contribution in [0.1, 0.15) is 10.5 Å². The van der Waals surface area contributed by atoms with E-state index in [0.717, 1.165) is 4.47 Å². The molecule has 0 aromatic heterocycles. The van der Waals surface area contributed by atoms with Crippen LogP contribution in [0, 0.1) is 0 Å². The molecular weight excluding hydrogens is 282 g/mol. The molecule has 1 aromatic carbocycles. The smallest absolute Gasteiger partial charge is 0.0907 e. The highest BCUT2D eigenvalue weighted by molar-refractivity contribution is 9.10. The van der Waals surface area contributed by atoms with Crippen molar-refractivity contribution in [3.63, 3.8) is 0 Å². The summed E-state index contributed by atoms with van der Waals surface area (Å²) >= 11 is 7.03. The number of nitrogens with zero attached hydrogens (tertiary/aromatic N) is 1. The highest BCUT2D eigenvalue weighted by atomic mass is 79.9. The Morgan fingerprint density at radius 1 is 1.33 bits per heavy atom. The van der Waals surface area contributed by atoms with Crippen LogP contribution in [-0.4, -0.2) is 19.0 Å². The fraction of sp³-hybridized carbons (Fsp3) is 0.333. The molecule has 1 aromatic rings. The minimum Gasteiger partial charge on any atom is -0.293 e. The Kier molecular flexibility index (Phi) is 3.75. The Labute approximate surface area is 90.0 Å². The van der Waals surface area contributed by atoms with E-state index in [4.69, 9.17) is 0 Å². The third kappa shape index (κ3) is 2.57. The van der Waals surface area contributed by atoms with Gasteiger partial charge in [-0.25, -0.2) is 0 Å². The lowest BCUT2D eigenvalue weighted by Gasteiger charge is -2.18. The van der Waals surface area contributed by atoms with Crippen LogP contribution >= 0.6 is 31.9 Å². The number of halogens is 2. The second kappa shape index (κ2) is 4.40. The summed E-state index contributed by atoms with van der Waals surface area (Å²) in [6.07, 6.45) is 0. The van der Waals surface area contributed by atoms with Gasteiger partial charge in [-0.05, 0) is 31.8 Å². The first-order valence-corrected chi connectivity index (χ1v) is 5.38. The van der Waals surface area contributed by atoms with Crippen molar-refractivity contribution in [3.05, 3.63) is 34.3 Å². The molecule has 66 valence electrons. The average molecular weight is 293 g/mol. The van der Waals surface area contributed by atoms with E-state index in [-0.39, 0.29) is 4.95 Å². The second-order valence-electron chi connectivity index (χ2n) is 2.85. The van der Waals surface area contributed by atoms with Crippen molar-refractivity contribution in [2.45, 2.75) is 4.95 Å². The first-order chi connectivity index (χ1) is 5.61. The first-order valence-electron chi connectivity index (χ1n) is 3.67. The van der Waals surface area contributed by atoms with Crippen LogP contribution in [0.5, 0.6) is 0 Å². The van der Waals surface area contributed by atoms with Crippen molar-refractivity contribution >= 4 is 31.9 Å². The second-order valence-corrected chi connectivity index (χ2v) is 4.64. The molecule has 1 unspecified atom stereocenters. The maximum atomic E-state index is 3.59. The molecule has 0 amide bonds. The van der Waals surface area contributed by atoms with E-state index in [1.54, 1.807) is 0 Å². The topological polar surface area (TPSA) is 3.24 Å². The van der Waals surface area contributed by atoms with Gasteiger partial charge < -0.3 is 0 Å². The van der Waals surface area contributed by atoms with Crippen LogP contribution in [0.2, 0.25) is 0 Å². The van der Waals surface area contributed by atoms with Crippen molar-refractivity contribution in [1.82, 2.24) is 4.90 Å². The highest BCUT2D eigenvalue weighted by Gasteiger charge is 2.08. The summed E-state index contributed by atoms with van der Waals surface area (Å²) in [5, 5.41) is 0. The predicted octanol–water partition coefficient (Wildman–Crippen LogP) is 3.40. The van der Waals surface area contributed by atoms with E-state index in [1.165, 1.54) is 5.56 Å². The Hall–Kier alpha value is 0.140. The Bertz CT molecular complexity index is 260. The SMILES string of the molecule is CN(C)C(Br)c1cccc(Br)c1. The Morgan fingerprint density at radius 2 is 2.00 bits per heavy atom. The van der Waals surface area contributed by atoms with E-state index in [9.17, 15) is 0 Å². The maximum absolute atomic E-state index is 3.59. The monoisotopic (exact) mass is 291 g/mol. The van der Waals surface area contributed by atoms with E-state index < -0.39 is 0 Å². The number of hydrogen-bond acceptors (Lipinski definition) is 1. The maximum Gasteiger partial charge on any atom is 0.0907 e. The molecule has 0 fully saturated rings. The molecule has 0 heterocycles. The van der Waals surface area contributed by atoms with Crippen LogP contribution in [0.4, 0.5) is 0 Å². The minimum absolute atomic E-state index is 0.287. The molecule has 0 aliphatic rings. The van der Waals surface area contributed by atoms with Gasteiger partial charge in [0.1, 0.15) is 0 Å². The fourth-order valence-electron chi connectivity index (χ4n) is 0.953. The van der Waals surface area contributed by atoms with Crippen molar-refractivity contribution in [2.24, 2.45) is 0 Å². The van der Waals surface area contributed by atoms with Crippen LogP contribution in [0.25, 0.3) is 0 Å². The van der Waals surface area contributed by atoms with Gasteiger partial charge >= 0.3 is 0 Å². The lowest BCUT2D eigenvalue weighted by Crippen LogP contribution is -2.13. The molecule has 3 heteroatoms. The molecule has 1 nitrogen and oxygen atoms in total. The van der Waals surface area contributed by atoms with E-state index in [0.29, 0.717) is 0 Å². The fourth-order valence-corrected chi connectivity index (χ4v) is 1.65. The molecule has 12 heavy (non-hydrogen) atoms. The molecule has 1 atom stereocenters. The Balaban J connectivity index is 2.88.